The van der Waals surface area contributed by atoms with E-state index in [0.29, 0.717) is 15.1 Å². The smallest absolute Gasteiger partial charge is 0.144 e. The number of halogens is 1. The van der Waals surface area contributed by atoms with E-state index in [2.05, 4.69) is 51.5 Å². The SMILES string of the molecule is CCCc1[nH]c(C2SCCSC2CC)nc(=S)c1Br. The summed E-state index contributed by atoms with van der Waals surface area (Å²) >= 11 is 13.0. The van der Waals surface area contributed by atoms with Gasteiger partial charge in [0.1, 0.15) is 10.5 Å². The summed E-state index contributed by atoms with van der Waals surface area (Å²) < 4.78 is 1.66. The minimum absolute atomic E-state index is 0.453. The molecule has 1 aromatic heterocycles. The number of aryl methyl sites for hydroxylation is 1. The molecule has 1 aliphatic heterocycles. The average molecular weight is 379 g/mol. The van der Waals surface area contributed by atoms with Gasteiger partial charge in [-0.3, -0.25) is 0 Å². The quantitative estimate of drug-likeness (QED) is 0.732. The van der Waals surface area contributed by atoms with Crippen molar-refractivity contribution in [2.45, 2.75) is 43.6 Å². The number of rotatable bonds is 4. The van der Waals surface area contributed by atoms with Gasteiger partial charge in [-0.1, -0.05) is 32.5 Å². The fourth-order valence-electron chi connectivity index (χ4n) is 2.24. The Bertz CT molecular complexity index is 489. The van der Waals surface area contributed by atoms with Gasteiger partial charge in [0.2, 0.25) is 0 Å². The third kappa shape index (κ3) is 3.77. The van der Waals surface area contributed by atoms with Crippen molar-refractivity contribution in [3.63, 3.8) is 0 Å². The van der Waals surface area contributed by atoms with Gasteiger partial charge in [-0.15, -0.1) is 11.8 Å². The molecule has 1 aromatic rings. The van der Waals surface area contributed by atoms with E-state index in [1.165, 1.54) is 23.6 Å². The predicted octanol–water partition coefficient (Wildman–Crippen LogP) is 5.15. The first kappa shape index (κ1) is 15.9. The lowest BCUT2D eigenvalue weighted by atomic mass is 10.2. The Labute approximate surface area is 137 Å². The molecule has 0 saturated carbocycles. The van der Waals surface area contributed by atoms with Gasteiger partial charge < -0.3 is 4.98 Å². The highest BCUT2D eigenvalue weighted by Gasteiger charge is 2.28. The van der Waals surface area contributed by atoms with Crippen LogP contribution in [0, 0.1) is 4.64 Å². The minimum Gasteiger partial charge on any atom is -0.345 e. The Morgan fingerprint density at radius 2 is 2.11 bits per heavy atom. The van der Waals surface area contributed by atoms with Crippen molar-refractivity contribution in [3.05, 3.63) is 20.6 Å². The molecule has 6 heteroatoms. The Morgan fingerprint density at radius 3 is 2.79 bits per heavy atom. The Kier molecular flexibility index (Phi) is 6.24. The number of H-pyrrole nitrogens is 1. The second kappa shape index (κ2) is 7.48. The van der Waals surface area contributed by atoms with Gasteiger partial charge in [-0.2, -0.15) is 11.8 Å². The van der Waals surface area contributed by atoms with Gasteiger partial charge in [0.05, 0.1) is 9.72 Å². The first-order valence-electron chi connectivity index (χ1n) is 6.69. The number of nitrogens with zero attached hydrogens (tertiary/aromatic N) is 1. The maximum Gasteiger partial charge on any atom is 0.144 e. The summed E-state index contributed by atoms with van der Waals surface area (Å²) in [7, 11) is 0. The lowest BCUT2D eigenvalue weighted by Crippen LogP contribution is -2.21. The lowest BCUT2D eigenvalue weighted by molar-refractivity contribution is 0.730. The number of aromatic nitrogens is 2. The molecule has 1 saturated heterocycles. The molecule has 0 aromatic carbocycles. The number of nitrogens with one attached hydrogen (secondary N) is 1. The van der Waals surface area contributed by atoms with Crippen LogP contribution in [-0.2, 0) is 6.42 Å². The van der Waals surface area contributed by atoms with E-state index >= 15 is 0 Å². The third-order valence-electron chi connectivity index (χ3n) is 3.18. The zero-order chi connectivity index (χ0) is 13.8. The van der Waals surface area contributed by atoms with Crippen LogP contribution in [0.15, 0.2) is 4.47 Å². The highest BCUT2D eigenvalue weighted by Crippen LogP contribution is 2.43. The standard InChI is InChI=1S/C13H19BrN2S3/c1-3-5-8-10(14)13(17)16-12(15-8)11-9(4-2)18-6-7-19-11/h9,11H,3-7H2,1-2H3,(H,15,16,17). The molecule has 2 rings (SSSR count). The van der Waals surface area contributed by atoms with Gasteiger partial charge in [-0.25, -0.2) is 4.98 Å². The summed E-state index contributed by atoms with van der Waals surface area (Å²) in [4.78, 5) is 8.15. The number of thioether (sulfide) groups is 2. The summed E-state index contributed by atoms with van der Waals surface area (Å²) in [5.74, 6) is 3.52. The molecule has 0 amide bonds. The van der Waals surface area contributed by atoms with Gasteiger partial charge in [0.15, 0.2) is 0 Å². The molecule has 1 aliphatic rings. The van der Waals surface area contributed by atoms with Gasteiger partial charge in [0, 0.05) is 22.4 Å². The molecule has 2 heterocycles. The molecule has 19 heavy (non-hydrogen) atoms. The maximum atomic E-state index is 5.39. The fraction of sp³-hybridized carbons (Fsp3) is 0.692. The van der Waals surface area contributed by atoms with Crippen molar-refractivity contribution < 1.29 is 0 Å². The van der Waals surface area contributed by atoms with Crippen LogP contribution in [-0.4, -0.2) is 26.7 Å². The molecular formula is C13H19BrN2S3. The van der Waals surface area contributed by atoms with Crippen LogP contribution >= 0.6 is 51.7 Å². The van der Waals surface area contributed by atoms with Crippen LogP contribution in [0.1, 0.15) is 43.5 Å². The first-order chi connectivity index (χ1) is 9.17. The summed E-state index contributed by atoms with van der Waals surface area (Å²) in [6.45, 7) is 4.44. The largest absolute Gasteiger partial charge is 0.345 e. The predicted molar refractivity (Wildman–Crippen MR) is 92.9 cm³/mol. The number of aromatic amines is 1. The van der Waals surface area contributed by atoms with Crippen LogP contribution in [0.5, 0.6) is 0 Å². The molecule has 0 bridgehead atoms. The highest BCUT2D eigenvalue weighted by atomic mass is 79.9. The fourth-order valence-corrected chi connectivity index (χ4v) is 5.86. The maximum absolute atomic E-state index is 5.39. The van der Waals surface area contributed by atoms with Crippen LogP contribution < -0.4 is 0 Å². The average Bonchev–Trinajstić information content (AvgIpc) is 2.43. The Balaban J connectivity index is 2.35. The molecule has 2 unspecified atom stereocenters. The molecule has 106 valence electrons. The van der Waals surface area contributed by atoms with E-state index in [0.717, 1.165) is 23.1 Å². The van der Waals surface area contributed by atoms with E-state index < -0.39 is 0 Å². The summed E-state index contributed by atoms with van der Waals surface area (Å²) in [5, 5.41) is 1.10. The number of hydrogen-bond donors (Lipinski definition) is 1. The second-order valence-electron chi connectivity index (χ2n) is 4.58. The zero-order valence-corrected chi connectivity index (χ0v) is 15.3. The highest BCUT2D eigenvalue weighted by molar-refractivity contribution is 9.10. The van der Waals surface area contributed by atoms with E-state index in [9.17, 15) is 0 Å². The molecule has 0 radical (unpaired) electrons. The van der Waals surface area contributed by atoms with Crippen molar-refractivity contribution >= 4 is 51.7 Å². The van der Waals surface area contributed by atoms with Crippen molar-refractivity contribution in [1.29, 1.82) is 0 Å². The van der Waals surface area contributed by atoms with Gasteiger partial charge in [-0.05, 0) is 28.8 Å². The normalized spacial score (nSPS) is 23.5. The number of hydrogen-bond acceptors (Lipinski definition) is 4. The zero-order valence-electron chi connectivity index (χ0n) is 11.2. The van der Waals surface area contributed by atoms with Crippen molar-refractivity contribution in [2.24, 2.45) is 0 Å². The van der Waals surface area contributed by atoms with Gasteiger partial charge in [0.25, 0.3) is 0 Å². The van der Waals surface area contributed by atoms with E-state index in [1.807, 2.05) is 11.8 Å². The molecule has 2 nitrogen and oxygen atoms in total. The molecule has 2 atom stereocenters. The van der Waals surface area contributed by atoms with Crippen molar-refractivity contribution in [2.75, 3.05) is 11.5 Å². The first-order valence-corrected chi connectivity index (χ1v) is 9.99. The molecule has 1 fully saturated rings. The van der Waals surface area contributed by atoms with Crippen LogP contribution in [0.25, 0.3) is 0 Å². The molecule has 1 N–H and O–H groups in total. The lowest BCUT2D eigenvalue weighted by Gasteiger charge is -2.29. The minimum atomic E-state index is 0.453. The summed E-state index contributed by atoms with van der Waals surface area (Å²) in [6.07, 6.45) is 3.31. The Hall–Kier alpha value is 0.480. The van der Waals surface area contributed by atoms with Crippen LogP contribution in [0.4, 0.5) is 0 Å². The topological polar surface area (TPSA) is 28.7 Å². The van der Waals surface area contributed by atoms with Crippen molar-refractivity contribution in [1.82, 2.24) is 9.97 Å². The van der Waals surface area contributed by atoms with Crippen LogP contribution in [0.2, 0.25) is 0 Å². The van der Waals surface area contributed by atoms with Gasteiger partial charge >= 0.3 is 0 Å². The van der Waals surface area contributed by atoms with Crippen LogP contribution in [0.3, 0.4) is 0 Å². The monoisotopic (exact) mass is 378 g/mol. The summed E-state index contributed by atoms with van der Waals surface area (Å²) in [6, 6.07) is 0. The van der Waals surface area contributed by atoms with E-state index in [4.69, 9.17) is 12.2 Å². The van der Waals surface area contributed by atoms with E-state index in [1.54, 1.807) is 0 Å². The Morgan fingerprint density at radius 1 is 1.37 bits per heavy atom. The summed E-state index contributed by atoms with van der Waals surface area (Å²) in [5.41, 5.74) is 1.20. The third-order valence-corrected chi connectivity index (χ3v) is 7.84. The van der Waals surface area contributed by atoms with Crippen molar-refractivity contribution in [3.8, 4) is 0 Å². The molecule has 0 spiro atoms. The molecular weight excluding hydrogens is 360 g/mol. The van der Waals surface area contributed by atoms with E-state index in [-0.39, 0.29) is 0 Å². The molecule has 0 aliphatic carbocycles. The second-order valence-corrected chi connectivity index (χ2v) is 8.35.